The standard InChI is InChI=1S/C9H16INO2/c1-9(2,3)13-8(12)11-6-4-5-7(11)10/h7H,4-6H2,1-3H3. The van der Waals surface area contributed by atoms with Crippen LogP contribution in [0.25, 0.3) is 0 Å². The quantitative estimate of drug-likeness (QED) is 0.391. The van der Waals surface area contributed by atoms with Gasteiger partial charge in [0, 0.05) is 6.54 Å². The number of likely N-dealkylation sites (tertiary alicyclic amines) is 1. The highest BCUT2D eigenvalue weighted by atomic mass is 127. The Balaban J connectivity index is 2.48. The minimum Gasteiger partial charge on any atom is -0.444 e. The molecule has 1 amide bonds. The molecule has 1 heterocycles. The van der Waals surface area contributed by atoms with Gasteiger partial charge in [-0.15, -0.1) is 0 Å². The van der Waals surface area contributed by atoms with E-state index in [4.69, 9.17) is 4.74 Å². The maximum atomic E-state index is 11.6. The molecule has 1 saturated heterocycles. The Morgan fingerprint density at radius 1 is 1.54 bits per heavy atom. The molecular formula is C9H16INO2. The van der Waals surface area contributed by atoms with Gasteiger partial charge in [0.25, 0.3) is 0 Å². The first-order valence-corrected chi connectivity index (χ1v) is 5.78. The predicted molar refractivity (Wildman–Crippen MR) is 60.0 cm³/mol. The van der Waals surface area contributed by atoms with Gasteiger partial charge < -0.3 is 4.74 Å². The van der Waals surface area contributed by atoms with Crippen molar-refractivity contribution in [2.45, 2.75) is 43.3 Å². The van der Waals surface area contributed by atoms with Gasteiger partial charge in [-0.2, -0.15) is 0 Å². The van der Waals surface area contributed by atoms with Crippen molar-refractivity contribution in [2.75, 3.05) is 6.54 Å². The molecule has 0 radical (unpaired) electrons. The second-order valence-electron chi connectivity index (χ2n) is 4.25. The van der Waals surface area contributed by atoms with E-state index in [1.165, 1.54) is 0 Å². The van der Waals surface area contributed by atoms with E-state index in [9.17, 15) is 4.79 Å². The van der Waals surface area contributed by atoms with Crippen LogP contribution in [-0.2, 0) is 4.74 Å². The third-order valence-electron chi connectivity index (χ3n) is 1.81. The molecule has 1 aliphatic heterocycles. The first kappa shape index (κ1) is 11.1. The minimum atomic E-state index is -0.379. The lowest BCUT2D eigenvalue weighted by molar-refractivity contribution is 0.0285. The fraction of sp³-hybridized carbons (Fsp3) is 0.889. The summed E-state index contributed by atoms with van der Waals surface area (Å²) in [5, 5.41) is 0. The minimum absolute atomic E-state index is 0.176. The second-order valence-corrected chi connectivity index (χ2v) is 5.69. The summed E-state index contributed by atoms with van der Waals surface area (Å²) in [6.07, 6.45) is 2.00. The smallest absolute Gasteiger partial charge is 0.411 e. The number of hydrogen-bond acceptors (Lipinski definition) is 2. The van der Waals surface area contributed by atoms with Crippen molar-refractivity contribution in [3.8, 4) is 0 Å². The molecular weight excluding hydrogens is 281 g/mol. The lowest BCUT2D eigenvalue weighted by Gasteiger charge is -2.26. The summed E-state index contributed by atoms with van der Waals surface area (Å²) >= 11 is 2.29. The monoisotopic (exact) mass is 297 g/mol. The molecule has 0 aromatic carbocycles. The normalized spacial score (nSPS) is 23.4. The SMILES string of the molecule is CC(C)(C)OC(=O)N1CCCC1I. The zero-order valence-electron chi connectivity index (χ0n) is 8.34. The van der Waals surface area contributed by atoms with E-state index in [0.29, 0.717) is 4.05 Å². The maximum Gasteiger partial charge on any atom is 0.411 e. The van der Waals surface area contributed by atoms with E-state index in [1.807, 2.05) is 20.8 Å². The van der Waals surface area contributed by atoms with E-state index in [0.717, 1.165) is 19.4 Å². The molecule has 0 N–H and O–H groups in total. The van der Waals surface area contributed by atoms with Gasteiger partial charge in [-0.1, -0.05) is 22.6 Å². The Bertz CT molecular complexity index is 200. The highest BCUT2D eigenvalue weighted by Gasteiger charge is 2.30. The zero-order valence-corrected chi connectivity index (χ0v) is 10.5. The number of carbonyl (C=O) groups excluding carboxylic acids is 1. The number of alkyl halides is 1. The van der Waals surface area contributed by atoms with Crippen LogP contribution in [0.2, 0.25) is 0 Å². The van der Waals surface area contributed by atoms with Crippen LogP contribution >= 0.6 is 22.6 Å². The first-order chi connectivity index (χ1) is 5.90. The van der Waals surface area contributed by atoms with Gasteiger partial charge in [0.05, 0.1) is 4.05 Å². The van der Waals surface area contributed by atoms with Gasteiger partial charge in [-0.05, 0) is 33.6 Å². The van der Waals surface area contributed by atoms with Gasteiger partial charge in [0.1, 0.15) is 5.60 Å². The van der Waals surface area contributed by atoms with Crippen LogP contribution in [0.5, 0.6) is 0 Å². The lowest BCUT2D eigenvalue weighted by atomic mass is 10.2. The summed E-state index contributed by atoms with van der Waals surface area (Å²) in [6, 6.07) is 0. The van der Waals surface area contributed by atoms with Crippen LogP contribution < -0.4 is 0 Å². The lowest BCUT2D eigenvalue weighted by Crippen LogP contribution is -2.37. The molecule has 0 saturated carbocycles. The van der Waals surface area contributed by atoms with E-state index in [1.54, 1.807) is 4.90 Å². The largest absolute Gasteiger partial charge is 0.444 e. The van der Waals surface area contributed by atoms with Gasteiger partial charge >= 0.3 is 6.09 Å². The van der Waals surface area contributed by atoms with Crippen LogP contribution in [0.3, 0.4) is 0 Å². The first-order valence-electron chi connectivity index (χ1n) is 4.54. The molecule has 0 bridgehead atoms. The molecule has 13 heavy (non-hydrogen) atoms. The number of ether oxygens (including phenoxy) is 1. The molecule has 76 valence electrons. The van der Waals surface area contributed by atoms with Gasteiger partial charge in [0.15, 0.2) is 0 Å². The van der Waals surface area contributed by atoms with Crippen LogP contribution in [0, 0.1) is 0 Å². The summed E-state index contributed by atoms with van der Waals surface area (Å²) in [5.41, 5.74) is -0.379. The number of hydrogen-bond donors (Lipinski definition) is 0. The van der Waals surface area contributed by atoms with Crippen LogP contribution in [0.1, 0.15) is 33.6 Å². The molecule has 1 aliphatic rings. The Morgan fingerprint density at radius 2 is 2.15 bits per heavy atom. The van der Waals surface area contributed by atoms with Crippen LogP contribution in [-0.4, -0.2) is 27.2 Å². The van der Waals surface area contributed by atoms with Crippen molar-refractivity contribution in [1.82, 2.24) is 4.90 Å². The Hall–Kier alpha value is 0. The third-order valence-corrected chi connectivity index (χ3v) is 3.10. The summed E-state index contributed by atoms with van der Waals surface area (Å²) in [6.45, 7) is 6.51. The third kappa shape index (κ3) is 3.32. The van der Waals surface area contributed by atoms with E-state index >= 15 is 0 Å². The zero-order chi connectivity index (χ0) is 10.1. The number of rotatable bonds is 0. The number of halogens is 1. The molecule has 1 rings (SSSR count). The molecule has 4 heteroatoms. The fourth-order valence-electron chi connectivity index (χ4n) is 1.25. The highest BCUT2D eigenvalue weighted by Crippen LogP contribution is 2.24. The van der Waals surface area contributed by atoms with Gasteiger partial charge in [0.2, 0.25) is 0 Å². The van der Waals surface area contributed by atoms with Gasteiger partial charge in [-0.3, -0.25) is 4.90 Å². The van der Waals surface area contributed by atoms with Crippen molar-refractivity contribution in [1.29, 1.82) is 0 Å². The molecule has 0 aromatic heterocycles. The molecule has 1 fully saturated rings. The molecule has 0 aromatic rings. The van der Waals surface area contributed by atoms with Crippen LogP contribution in [0.15, 0.2) is 0 Å². The van der Waals surface area contributed by atoms with E-state index < -0.39 is 0 Å². The molecule has 0 spiro atoms. The molecule has 0 aliphatic carbocycles. The Morgan fingerprint density at radius 3 is 2.54 bits per heavy atom. The van der Waals surface area contributed by atoms with E-state index in [2.05, 4.69) is 22.6 Å². The number of nitrogens with zero attached hydrogens (tertiary/aromatic N) is 1. The number of amides is 1. The summed E-state index contributed by atoms with van der Waals surface area (Å²) in [5.74, 6) is 0. The van der Waals surface area contributed by atoms with Crippen molar-refractivity contribution in [3.63, 3.8) is 0 Å². The average molecular weight is 297 g/mol. The summed E-state index contributed by atoms with van der Waals surface area (Å²) in [7, 11) is 0. The average Bonchev–Trinajstić information content (AvgIpc) is 2.30. The predicted octanol–water partition coefficient (Wildman–Crippen LogP) is 2.78. The summed E-state index contributed by atoms with van der Waals surface area (Å²) in [4.78, 5) is 13.4. The van der Waals surface area contributed by atoms with Crippen molar-refractivity contribution in [2.24, 2.45) is 0 Å². The Kier molecular flexibility index (Phi) is 3.43. The second kappa shape index (κ2) is 4.02. The maximum absolute atomic E-state index is 11.6. The van der Waals surface area contributed by atoms with Crippen molar-refractivity contribution in [3.05, 3.63) is 0 Å². The molecule has 1 atom stereocenters. The summed E-state index contributed by atoms with van der Waals surface area (Å²) < 4.78 is 5.59. The highest BCUT2D eigenvalue weighted by molar-refractivity contribution is 14.1. The van der Waals surface area contributed by atoms with Crippen molar-refractivity contribution < 1.29 is 9.53 Å². The van der Waals surface area contributed by atoms with Crippen LogP contribution in [0.4, 0.5) is 4.79 Å². The molecule has 1 unspecified atom stereocenters. The van der Waals surface area contributed by atoms with Gasteiger partial charge in [-0.25, -0.2) is 4.79 Å². The fourth-order valence-corrected chi connectivity index (χ4v) is 2.20. The number of carbonyl (C=O) groups is 1. The Labute approximate surface area is 92.9 Å². The molecule has 3 nitrogen and oxygen atoms in total. The topological polar surface area (TPSA) is 29.5 Å². The van der Waals surface area contributed by atoms with E-state index in [-0.39, 0.29) is 11.7 Å². The van der Waals surface area contributed by atoms with Crippen molar-refractivity contribution >= 4 is 28.7 Å².